The number of carbonyl (C=O) groups excluding carboxylic acids is 1. The van der Waals surface area contributed by atoms with Crippen LogP contribution < -0.4 is 5.73 Å². The van der Waals surface area contributed by atoms with Crippen molar-refractivity contribution >= 4 is 24.4 Å². The number of thioether (sulfide) groups is 1. The van der Waals surface area contributed by atoms with Gasteiger partial charge in [-0.2, -0.15) is 0 Å². The summed E-state index contributed by atoms with van der Waals surface area (Å²) in [5, 5.41) is 0. The van der Waals surface area contributed by atoms with E-state index in [1.165, 1.54) is 22.9 Å². The van der Waals surface area contributed by atoms with Crippen LogP contribution in [-0.4, -0.2) is 31.2 Å². The van der Waals surface area contributed by atoms with E-state index in [0.29, 0.717) is 16.4 Å². The molecule has 1 aliphatic heterocycles. The van der Waals surface area contributed by atoms with Crippen molar-refractivity contribution in [2.45, 2.75) is 71.3 Å². The predicted molar refractivity (Wildman–Crippen MR) is 122 cm³/mol. The van der Waals surface area contributed by atoms with Gasteiger partial charge in [-0.1, -0.05) is 0 Å². The van der Waals surface area contributed by atoms with Crippen molar-refractivity contribution in [1.82, 2.24) is 0 Å². The van der Waals surface area contributed by atoms with Gasteiger partial charge in [0.2, 0.25) is 0 Å². The third-order valence-electron chi connectivity index (χ3n) is 4.90. The summed E-state index contributed by atoms with van der Waals surface area (Å²) >= 11 is 1.48. The minimum absolute atomic E-state index is 0.336. The van der Waals surface area contributed by atoms with Crippen LogP contribution in [0.3, 0.4) is 0 Å². The SMILES string of the molecule is C=NC1=C(/C(CCC/C=C\OC)=C2\CSC(C(=O)OC(C)(C)C)=C2N)CCCC1. The number of esters is 1. The van der Waals surface area contributed by atoms with E-state index in [4.69, 9.17) is 15.2 Å². The van der Waals surface area contributed by atoms with Crippen molar-refractivity contribution in [1.29, 1.82) is 0 Å². The first kappa shape index (κ1) is 23.3. The minimum atomic E-state index is -0.542. The van der Waals surface area contributed by atoms with E-state index in [0.717, 1.165) is 56.2 Å². The predicted octanol–water partition coefficient (Wildman–Crippen LogP) is 5.40. The van der Waals surface area contributed by atoms with Crippen LogP contribution in [0.2, 0.25) is 0 Å². The topological polar surface area (TPSA) is 73.9 Å². The number of hydrogen-bond donors (Lipinski definition) is 1. The highest BCUT2D eigenvalue weighted by atomic mass is 32.2. The van der Waals surface area contributed by atoms with Gasteiger partial charge in [-0.25, -0.2) is 4.79 Å². The molecule has 2 rings (SSSR count). The molecule has 1 heterocycles. The Hall–Kier alpha value is -1.95. The monoisotopic (exact) mass is 418 g/mol. The van der Waals surface area contributed by atoms with Crippen LogP contribution >= 0.6 is 11.8 Å². The van der Waals surface area contributed by atoms with Crippen LogP contribution in [0.5, 0.6) is 0 Å². The highest BCUT2D eigenvalue weighted by Crippen LogP contribution is 2.42. The first-order chi connectivity index (χ1) is 13.8. The van der Waals surface area contributed by atoms with Crippen molar-refractivity contribution in [3.8, 4) is 0 Å². The number of nitrogens with zero attached hydrogens (tertiary/aromatic N) is 1. The van der Waals surface area contributed by atoms with E-state index in [2.05, 4.69) is 11.7 Å². The number of rotatable bonds is 8. The van der Waals surface area contributed by atoms with Crippen LogP contribution in [0, 0.1) is 0 Å². The molecule has 0 aromatic heterocycles. The lowest BCUT2D eigenvalue weighted by Gasteiger charge is -2.22. The maximum absolute atomic E-state index is 12.6. The Bertz CT molecular complexity index is 755. The Kier molecular flexibility index (Phi) is 8.62. The molecule has 0 amide bonds. The summed E-state index contributed by atoms with van der Waals surface area (Å²) in [4.78, 5) is 17.4. The Morgan fingerprint density at radius 1 is 1.31 bits per heavy atom. The summed E-state index contributed by atoms with van der Waals surface area (Å²) in [6.07, 6.45) is 10.8. The van der Waals surface area contributed by atoms with Crippen molar-refractivity contribution in [3.63, 3.8) is 0 Å². The van der Waals surface area contributed by atoms with Crippen LogP contribution in [0.1, 0.15) is 65.7 Å². The maximum Gasteiger partial charge on any atom is 0.347 e. The first-order valence-corrected chi connectivity index (χ1v) is 11.2. The number of methoxy groups -OCH3 is 1. The van der Waals surface area contributed by atoms with Gasteiger partial charge in [0.1, 0.15) is 10.5 Å². The second-order valence-corrected chi connectivity index (χ2v) is 9.27. The van der Waals surface area contributed by atoms with Crippen molar-refractivity contribution < 1.29 is 14.3 Å². The second kappa shape index (κ2) is 10.7. The van der Waals surface area contributed by atoms with Gasteiger partial charge in [0.25, 0.3) is 0 Å². The minimum Gasteiger partial charge on any atom is -0.505 e. The zero-order chi connectivity index (χ0) is 21.4. The van der Waals surface area contributed by atoms with Gasteiger partial charge in [0.05, 0.1) is 19.1 Å². The highest BCUT2D eigenvalue weighted by molar-refractivity contribution is 8.04. The molecule has 0 unspecified atom stereocenters. The Balaban J connectivity index is 2.39. The number of aliphatic imine (C=N–C) groups is 1. The summed E-state index contributed by atoms with van der Waals surface area (Å²) in [6, 6.07) is 0. The quantitative estimate of drug-likeness (QED) is 0.247. The third kappa shape index (κ3) is 6.53. The lowest BCUT2D eigenvalue weighted by Crippen LogP contribution is -2.25. The summed E-state index contributed by atoms with van der Waals surface area (Å²) in [5.41, 5.74) is 11.2. The molecule has 0 aromatic carbocycles. The fourth-order valence-corrected chi connectivity index (χ4v) is 4.67. The molecule has 2 aliphatic rings. The van der Waals surface area contributed by atoms with E-state index in [1.54, 1.807) is 13.4 Å². The number of allylic oxidation sites excluding steroid dienone is 5. The molecular weight excluding hydrogens is 384 g/mol. The molecule has 1 aliphatic carbocycles. The number of unbranched alkanes of at least 4 members (excludes halogenated alkanes) is 1. The van der Waals surface area contributed by atoms with E-state index in [-0.39, 0.29) is 5.97 Å². The van der Waals surface area contributed by atoms with Gasteiger partial charge in [0.15, 0.2) is 0 Å². The summed E-state index contributed by atoms with van der Waals surface area (Å²) in [7, 11) is 1.65. The van der Waals surface area contributed by atoms with Crippen molar-refractivity contribution in [2.75, 3.05) is 12.9 Å². The zero-order valence-corrected chi connectivity index (χ0v) is 19.0. The molecule has 5 nitrogen and oxygen atoms in total. The van der Waals surface area contributed by atoms with Gasteiger partial charge >= 0.3 is 5.97 Å². The first-order valence-electron chi connectivity index (χ1n) is 10.2. The fraction of sp³-hybridized carbons (Fsp3) is 0.565. The van der Waals surface area contributed by atoms with E-state index in [1.807, 2.05) is 26.8 Å². The number of nitrogens with two attached hydrogens (primary N) is 1. The standard InChI is InChI=1S/C23H34N2O3S/c1-23(2,3)28-22(26)21-20(24)18(15-29-21)16(11-7-6-10-14-27-5)17-12-8-9-13-19(17)25-4/h10,14H,4,6-9,11-13,15,24H2,1-3,5H3/b14-10-,18-16+. The van der Waals surface area contributed by atoms with Gasteiger partial charge in [0, 0.05) is 11.4 Å². The average Bonchev–Trinajstić information content (AvgIpc) is 3.05. The van der Waals surface area contributed by atoms with E-state index < -0.39 is 5.60 Å². The number of ether oxygens (including phenoxy) is 2. The largest absolute Gasteiger partial charge is 0.505 e. The third-order valence-corrected chi connectivity index (χ3v) is 6.01. The molecule has 0 saturated carbocycles. The molecule has 160 valence electrons. The molecule has 0 bridgehead atoms. The summed E-state index contributed by atoms with van der Waals surface area (Å²) in [6.45, 7) is 9.39. The molecule has 0 radical (unpaired) electrons. The summed E-state index contributed by atoms with van der Waals surface area (Å²) in [5.74, 6) is 0.356. The Morgan fingerprint density at radius 2 is 2.03 bits per heavy atom. The van der Waals surface area contributed by atoms with E-state index in [9.17, 15) is 4.79 Å². The van der Waals surface area contributed by atoms with Gasteiger partial charge < -0.3 is 15.2 Å². The van der Waals surface area contributed by atoms with Gasteiger partial charge in [-0.3, -0.25) is 4.99 Å². The van der Waals surface area contributed by atoms with Crippen LogP contribution in [0.4, 0.5) is 0 Å². The normalized spacial score (nSPS) is 19.7. The fourth-order valence-electron chi connectivity index (χ4n) is 3.61. The molecule has 0 fully saturated rings. The van der Waals surface area contributed by atoms with Crippen molar-refractivity contribution in [3.05, 3.63) is 45.4 Å². The Morgan fingerprint density at radius 3 is 2.69 bits per heavy atom. The Labute approximate surface area is 179 Å². The lowest BCUT2D eigenvalue weighted by atomic mass is 9.85. The van der Waals surface area contributed by atoms with Crippen LogP contribution in [0.15, 0.2) is 50.3 Å². The summed E-state index contributed by atoms with van der Waals surface area (Å²) < 4.78 is 10.5. The molecule has 0 atom stereocenters. The smallest absolute Gasteiger partial charge is 0.347 e. The number of hydrogen-bond acceptors (Lipinski definition) is 6. The van der Waals surface area contributed by atoms with Gasteiger partial charge in [-0.15, -0.1) is 11.8 Å². The van der Waals surface area contributed by atoms with Crippen LogP contribution in [-0.2, 0) is 14.3 Å². The molecule has 0 saturated heterocycles. The lowest BCUT2D eigenvalue weighted by molar-refractivity contribution is -0.148. The van der Waals surface area contributed by atoms with Gasteiger partial charge in [-0.05, 0) is 95.2 Å². The van der Waals surface area contributed by atoms with Crippen LogP contribution in [0.25, 0.3) is 0 Å². The maximum atomic E-state index is 12.6. The second-order valence-electron chi connectivity index (χ2n) is 8.28. The molecule has 29 heavy (non-hydrogen) atoms. The van der Waals surface area contributed by atoms with Crippen molar-refractivity contribution in [2.24, 2.45) is 10.7 Å². The molecule has 0 spiro atoms. The van der Waals surface area contributed by atoms with E-state index >= 15 is 0 Å². The average molecular weight is 419 g/mol. The zero-order valence-electron chi connectivity index (χ0n) is 18.2. The number of carbonyl (C=O) groups is 1. The molecule has 6 heteroatoms. The highest BCUT2D eigenvalue weighted by Gasteiger charge is 2.31. The molecule has 2 N–H and O–H groups in total. The molecule has 0 aromatic rings. The molecular formula is C23H34N2O3S.